The van der Waals surface area contributed by atoms with Gasteiger partial charge in [-0.2, -0.15) is 13.2 Å². The molecule has 31 heavy (non-hydrogen) atoms. The summed E-state index contributed by atoms with van der Waals surface area (Å²) in [5.74, 6) is 0. The first-order valence-corrected chi connectivity index (χ1v) is 10.2. The van der Waals surface area contributed by atoms with Crippen molar-refractivity contribution in [3.8, 4) is 0 Å². The van der Waals surface area contributed by atoms with E-state index in [1.54, 1.807) is 0 Å². The van der Waals surface area contributed by atoms with Crippen molar-refractivity contribution in [2.45, 2.75) is 18.0 Å². The van der Waals surface area contributed by atoms with E-state index in [0.29, 0.717) is 5.56 Å². The predicted molar refractivity (Wildman–Crippen MR) is 119 cm³/mol. The molecular weight excluding hydrogens is 421 g/mol. The van der Waals surface area contributed by atoms with Crippen LogP contribution in [0.2, 0.25) is 0 Å². The Labute approximate surface area is 181 Å². The lowest BCUT2D eigenvalue weighted by atomic mass is 9.83. The summed E-state index contributed by atoms with van der Waals surface area (Å²) in [6, 6.07) is 18.9. The molecule has 6 heteroatoms. The van der Waals surface area contributed by atoms with Gasteiger partial charge in [0.05, 0.1) is 5.56 Å². The Bertz CT molecular complexity index is 1400. The first-order chi connectivity index (χ1) is 14.8. The summed E-state index contributed by atoms with van der Waals surface area (Å²) >= 11 is 7.45. The third-order valence-electron chi connectivity index (χ3n) is 5.78. The van der Waals surface area contributed by atoms with Crippen LogP contribution in [0.4, 0.5) is 13.2 Å². The molecule has 0 saturated heterocycles. The number of aryl methyl sites for hydroxylation is 1. The summed E-state index contributed by atoms with van der Waals surface area (Å²) in [4.78, 5) is 5.31. The standard InChI is InChI=1S/C25H18ClF3N2/c1-15-6-11-23-19(12-15)21(14-31-23)24(26,16-7-9-17(10-8-16)25(27,28)29)20-13-30-22-5-3-2-4-18(20)22/h2-14,30-31H,1H3. The maximum atomic E-state index is 13.2. The largest absolute Gasteiger partial charge is 0.416 e. The highest BCUT2D eigenvalue weighted by atomic mass is 35.5. The second-order valence-electron chi connectivity index (χ2n) is 7.73. The normalized spacial score (nSPS) is 14.2. The molecule has 0 fully saturated rings. The minimum absolute atomic E-state index is 0.564. The summed E-state index contributed by atoms with van der Waals surface area (Å²) in [6.07, 6.45) is -0.729. The Morgan fingerprint density at radius 1 is 0.710 bits per heavy atom. The van der Waals surface area contributed by atoms with Crippen molar-refractivity contribution in [1.29, 1.82) is 0 Å². The van der Waals surface area contributed by atoms with E-state index in [4.69, 9.17) is 11.6 Å². The Kier molecular flexibility index (Phi) is 4.41. The number of aromatic amines is 2. The van der Waals surface area contributed by atoms with Gasteiger partial charge < -0.3 is 9.97 Å². The van der Waals surface area contributed by atoms with E-state index < -0.39 is 16.6 Å². The number of benzene rings is 3. The van der Waals surface area contributed by atoms with Crippen LogP contribution in [-0.4, -0.2) is 9.97 Å². The topological polar surface area (TPSA) is 31.6 Å². The first kappa shape index (κ1) is 19.8. The Morgan fingerprint density at radius 3 is 1.97 bits per heavy atom. The average Bonchev–Trinajstić information content (AvgIpc) is 3.37. The number of hydrogen-bond acceptors (Lipinski definition) is 0. The lowest BCUT2D eigenvalue weighted by Gasteiger charge is -2.28. The van der Waals surface area contributed by atoms with E-state index in [0.717, 1.165) is 50.6 Å². The van der Waals surface area contributed by atoms with E-state index in [1.807, 2.05) is 61.8 Å². The van der Waals surface area contributed by atoms with Crippen LogP contribution in [0.3, 0.4) is 0 Å². The van der Waals surface area contributed by atoms with Gasteiger partial charge in [-0.3, -0.25) is 0 Å². The Balaban J connectivity index is 1.81. The zero-order chi connectivity index (χ0) is 21.8. The quantitative estimate of drug-likeness (QED) is 0.273. The van der Waals surface area contributed by atoms with Crippen LogP contribution >= 0.6 is 11.6 Å². The SMILES string of the molecule is Cc1ccc2[nH]cc(C(Cl)(c3ccc(C(F)(F)F)cc3)c3c[nH]c4ccccc34)c2c1. The van der Waals surface area contributed by atoms with Crippen molar-refractivity contribution in [3.63, 3.8) is 0 Å². The zero-order valence-corrected chi connectivity index (χ0v) is 17.3. The molecule has 156 valence electrons. The molecule has 2 aromatic heterocycles. The number of aromatic nitrogens is 2. The minimum Gasteiger partial charge on any atom is -0.361 e. The van der Waals surface area contributed by atoms with E-state index in [2.05, 4.69) is 9.97 Å². The molecule has 0 radical (unpaired) electrons. The minimum atomic E-state index is -4.41. The van der Waals surface area contributed by atoms with Gasteiger partial charge in [-0.15, -0.1) is 11.6 Å². The number of fused-ring (bicyclic) bond motifs is 2. The molecule has 0 saturated carbocycles. The van der Waals surface area contributed by atoms with Gasteiger partial charge >= 0.3 is 6.18 Å². The number of para-hydroxylation sites is 1. The van der Waals surface area contributed by atoms with E-state index in [1.165, 1.54) is 12.1 Å². The molecule has 2 nitrogen and oxygen atoms in total. The van der Waals surface area contributed by atoms with Crippen LogP contribution in [0.1, 0.15) is 27.8 Å². The van der Waals surface area contributed by atoms with E-state index in [-0.39, 0.29) is 0 Å². The van der Waals surface area contributed by atoms with Crippen molar-refractivity contribution in [2.24, 2.45) is 0 Å². The Morgan fingerprint density at radius 2 is 1.29 bits per heavy atom. The van der Waals surface area contributed by atoms with Crippen molar-refractivity contribution in [2.75, 3.05) is 0 Å². The van der Waals surface area contributed by atoms with Gasteiger partial charge in [0.2, 0.25) is 0 Å². The highest BCUT2D eigenvalue weighted by Crippen LogP contribution is 2.48. The molecule has 0 aliphatic rings. The van der Waals surface area contributed by atoms with Crippen LogP contribution in [0.15, 0.2) is 79.1 Å². The summed E-state index contributed by atoms with van der Waals surface area (Å²) in [5.41, 5.74) is 4.32. The summed E-state index contributed by atoms with van der Waals surface area (Å²) in [7, 11) is 0. The molecule has 0 spiro atoms. The number of rotatable bonds is 3. The van der Waals surface area contributed by atoms with Gasteiger partial charge in [0.15, 0.2) is 0 Å². The summed E-state index contributed by atoms with van der Waals surface area (Å²) in [6.45, 7) is 2.00. The molecule has 3 aromatic carbocycles. The maximum absolute atomic E-state index is 13.2. The molecule has 1 unspecified atom stereocenters. The highest BCUT2D eigenvalue weighted by Gasteiger charge is 2.39. The van der Waals surface area contributed by atoms with Crippen LogP contribution in [0.5, 0.6) is 0 Å². The molecular formula is C25H18ClF3N2. The predicted octanol–water partition coefficient (Wildman–Crippen LogP) is 7.51. The molecule has 5 aromatic rings. The third-order valence-corrected chi connectivity index (χ3v) is 6.40. The summed E-state index contributed by atoms with van der Waals surface area (Å²) < 4.78 is 39.5. The molecule has 0 aliphatic carbocycles. The molecule has 0 bridgehead atoms. The van der Waals surface area contributed by atoms with Crippen LogP contribution in [0.25, 0.3) is 21.8 Å². The van der Waals surface area contributed by atoms with Crippen molar-refractivity contribution >= 4 is 33.4 Å². The summed E-state index contributed by atoms with van der Waals surface area (Å²) in [5, 5.41) is 1.85. The van der Waals surface area contributed by atoms with Crippen molar-refractivity contribution in [3.05, 3.63) is 107 Å². The second kappa shape index (κ2) is 6.92. The van der Waals surface area contributed by atoms with E-state index >= 15 is 0 Å². The van der Waals surface area contributed by atoms with Gasteiger partial charge in [0.25, 0.3) is 0 Å². The number of nitrogens with one attached hydrogen (secondary N) is 2. The molecule has 0 amide bonds. The van der Waals surface area contributed by atoms with Gasteiger partial charge in [0.1, 0.15) is 4.87 Å². The molecule has 2 heterocycles. The maximum Gasteiger partial charge on any atom is 0.416 e. The van der Waals surface area contributed by atoms with Gasteiger partial charge in [-0.1, -0.05) is 42.0 Å². The van der Waals surface area contributed by atoms with Crippen LogP contribution in [0, 0.1) is 6.92 Å². The number of halogens is 4. The lowest BCUT2D eigenvalue weighted by molar-refractivity contribution is -0.137. The zero-order valence-electron chi connectivity index (χ0n) is 16.5. The fourth-order valence-electron chi connectivity index (χ4n) is 4.22. The fourth-order valence-corrected chi connectivity index (χ4v) is 4.66. The van der Waals surface area contributed by atoms with Crippen molar-refractivity contribution < 1.29 is 13.2 Å². The Hall–Kier alpha value is -3.18. The number of H-pyrrole nitrogens is 2. The van der Waals surface area contributed by atoms with Crippen LogP contribution in [-0.2, 0) is 11.1 Å². The second-order valence-corrected chi connectivity index (χ2v) is 8.30. The molecule has 0 aliphatic heterocycles. The fraction of sp³-hybridized carbons (Fsp3) is 0.120. The average molecular weight is 439 g/mol. The smallest absolute Gasteiger partial charge is 0.361 e. The lowest BCUT2D eigenvalue weighted by Crippen LogP contribution is -2.22. The van der Waals surface area contributed by atoms with Gasteiger partial charge in [-0.05, 0) is 42.8 Å². The highest BCUT2D eigenvalue weighted by molar-refractivity contribution is 6.30. The number of hydrogen-bond donors (Lipinski definition) is 2. The number of alkyl halides is 4. The molecule has 1 atom stereocenters. The first-order valence-electron chi connectivity index (χ1n) is 9.80. The van der Waals surface area contributed by atoms with Gasteiger partial charge in [0, 0.05) is 45.3 Å². The third kappa shape index (κ3) is 3.12. The van der Waals surface area contributed by atoms with Crippen molar-refractivity contribution in [1.82, 2.24) is 9.97 Å². The molecule has 5 rings (SSSR count). The van der Waals surface area contributed by atoms with Crippen LogP contribution < -0.4 is 0 Å². The van der Waals surface area contributed by atoms with Gasteiger partial charge in [-0.25, -0.2) is 0 Å². The monoisotopic (exact) mass is 438 g/mol. The molecule has 2 N–H and O–H groups in total. The van der Waals surface area contributed by atoms with E-state index in [9.17, 15) is 13.2 Å².